The SMILES string of the molecule is CCOc1cc(-c2ncc3c(n2)CCCC3N)ccc1O. The van der Waals surface area contributed by atoms with Crippen molar-refractivity contribution in [2.24, 2.45) is 5.73 Å². The van der Waals surface area contributed by atoms with Gasteiger partial charge in [-0.2, -0.15) is 0 Å². The fraction of sp³-hybridized carbons (Fsp3) is 0.375. The van der Waals surface area contributed by atoms with Gasteiger partial charge in [-0.15, -0.1) is 0 Å². The molecule has 1 aromatic carbocycles. The van der Waals surface area contributed by atoms with E-state index in [9.17, 15) is 5.11 Å². The van der Waals surface area contributed by atoms with E-state index in [1.54, 1.807) is 18.2 Å². The minimum Gasteiger partial charge on any atom is -0.504 e. The number of ether oxygens (including phenoxy) is 1. The van der Waals surface area contributed by atoms with Crippen molar-refractivity contribution in [2.45, 2.75) is 32.2 Å². The third-order valence-corrected chi connectivity index (χ3v) is 3.75. The van der Waals surface area contributed by atoms with Crippen LogP contribution in [0.1, 0.15) is 37.1 Å². The number of phenolic OH excluding ortho intramolecular Hbond substituents is 1. The molecule has 1 heterocycles. The summed E-state index contributed by atoms with van der Waals surface area (Å²) in [5, 5.41) is 9.76. The minimum absolute atomic E-state index is 0.0432. The maximum atomic E-state index is 9.76. The van der Waals surface area contributed by atoms with E-state index in [0.29, 0.717) is 18.2 Å². The Morgan fingerprint density at radius 3 is 3.10 bits per heavy atom. The van der Waals surface area contributed by atoms with Crippen molar-refractivity contribution >= 4 is 0 Å². The van der Waals surface area contributed by atoms with Crippen molar-refractivity contribution < 1.29 is 9.84 Å². The van der Waals surface area contributed by atoms with E-state index in [4.69, 9.17) is 10.5 Å². The second kappa shape index (κ2) is 5.69. The Morgan fingerprint density at radius 1 is 1.43 bits per heavy atom. The molecule has 5 nitrogen and oxygen atoms in total. The number of phenols is 1. The van der Waals surface area contributed by atoms with Gasteiger partial charge < -0.3 is 15.6 Å². The molecular formula is C16H19N3O2. The molecule has 0 aliphatic heterocycles. The molecule has 0 bridgehead atoms. The number of benzene rings is 1. The van der Waals surface area contributed by atoms with Crippen LogP contribution in [0, 0.1) is 0 Å². The van der Waals surface area contributed by atoms with Crippen LogP contribution < -0.4 is 10.5 Å². The number of rotatable bonds is 3. The lowest BCUT2D eigenvalue weighted by Crippen LogP contribution is -2.19. The van der Waals surface area contributed by atoms with Crippen molar-refractivity contribution in [3.05, 3.63) is 35.7 Å². The zero-order valence-corrected chi connectivity index (χ0v) is 12.0. The lowest BCUT2D eigenvalue weighted by Gasteiger charge is -2.21. The summed E-state index contributed by atoms with van der Waals surface area (Å²) in [5.74, 6) is 1.22. The van der Waals surface area contributed by atoms with Crippen LogP contribution in [0.3, 0.4) is 0 Å². The monoisotopic (exact) mass is 285 g/mol. The summed E-state index contributed by atoms with van der Waals surface area (Å²) in [6.45, 7) is 2.37. The smallest absolute Gasteiger partial charge is 0.161 e. The Morgan fingerprint density at radius 2 is 2.29 bits per heavy atom. The van der Waals surface area contributed by atoms with Gasteiger partial charge in [0.25, 0.3) is 0 Å². The van der Waals surface area contributed by atoms with Crippen molar-refractivity contribution in [3.63, 3.8) is 0 Å². The molecule has 1 aliphatic carbocycles. The van der Waals surface area contributed by atoms with Gasteiger partial charge in [0.1, 0.15) is 0 Å². The van der Waals surface area contributed by atoms with Crippen LogP contribution in [0.25, 0.3) is 11.4 Å². The van der Waals surface area contributed by atoms with Gasteiger partial charge in [0.2, 0.25) is 0 Å². The number of nitrogens with zero attached hydrogens (tertiary/aromatic N) is 2. The fourth-order valence-corrected chi connectivity index (χ4v) is 2.64. The summed E-state index contributed by atoms with van der Waals surface area (Å²) in [7, 11) is 0. The van der Waals surface area contributed by atoms with Crippen LogP contribution in [-0.2, 0) is 6.42 Å². The fourth-order valence-electron chi connectivity index (χ4n) is 2.64. The van der Waals surface area contributed by atoms with Crippen molar-refractivity contribution in [1.29, 1.82) is 0 Å². The molecule has 0 fully saturated rings. The molecule has 1 atom stereocenters. The minimum atomic E-state index is 0.0432. The second-order valence-corrected chi connectivity index (χ2v) is 5.21. The first-order chi connectivity index (χ1) is 10.2. The molecule has 3 N–H and O–H groups in total. The maximum Gasteiger partial charge on any atom is 0.161 e. The van der Waals surface area contributed by atoms with Crippen LogP contribution in [0.15, 0.2) is 24.4 Å². The van der Waals surface area contributed by atoms with Gasteiger partial charge in [0.05, 0.1) is 6.61 Å². The molecule has 110 valence electrons. The van der Waals surface area contributed by atoms with E-state index in [1.807, 2.05) is 13.1 Å². The average Bonchev–Trinajstić information content (AvgIpc) is 2.50. The largest absolute Gasteiger partial charge is 0.504 e. The number of fused-ring (bicyclic) bond motifs is 1. The van der Waals surface area contributed by atoms with Gasteiger partial charge in [0.15, 0.2) is 17.3 Å². The van der Waals surface area contributed by atoms with Gasteiger partial charge >= 0.3 is 0 Å². The zero-order chi connectivity index (χ0) is 14.8. The molecule has 0 spiro atoms. The molecule has 2 aromatic rings. The Kier molecular flexibility index (Phi) is 3.75. The summed E-state index contributed by atoms with van der Waals surface area (Å²) in [6, 6.07) is 5.21. The molecule has 0 saturated heterocycles. The third kappa shape index (κ3) is 2.69. The summed E-state index contributed by atoms with van der Waals surface area (Å²) in [6.07, 6.45) is 4.82. The maximum absolute atomic E-state index is 9.76. The Hall–Kier alpha value is -2.14. The van der Waals surface area contributed by atoms with Gasteiger partial charge in [0, 0.05) is 29.1 Å². The molecule has 0 amide bonds. The Labute approximate surface area is 123 Å². The molecule has 0 saturated carbocycles. The second-order valence-electron chi connectivity index (χ2n) is 5.21. The number of aromatic hydroxyl groups is 1. The first-order valence-corrected chi connectivity index (χ1v) is 7.26. The molecule has 1 aliphatic rings. The lowest BCUT2D eigenvalue weighted by molar-refractivity contribution is 0.318. The number of nitrogens with two attached hydrogens (primary N) is 1. The topological polar surface area (TPSA) is 81.3 Å². The summed E-state index contributed by atoms with van der Waals surface area (Å²) < 4.78 is 5.40. The van der Waals surface area contributed by atoms with E-state index >= 15 is 0 Å². The standard InChI is InChI=1S/C16H19N3O2/c1-2-21-15-8-10(6-7-14(15)20)16-18-9-11-12(17)4-3-5-13(11)19-16/h6-9,12,20H,2-5,17H2,1H3. The highest BCUT2D eigenvalue weighted by Gasteiger charge is 2.19. The normalized spacial score (nSPS) is 17.3. The van der Waals surface area contributed by atoms with Crippen LogP contribution in [0.5, 0.6) is 11.5 Å². The van der Waals surface area contributed by atoms with E-state index < -0.39 is 0 Å². The Bertz CT molecular complexity index is 658. The zero-order valence-electron chi connectivity index (χ0n) is 12.0. The number of hydrogen-bond donors (Lipinski definition) is 2. The van der Waals surface area contributed by atoms with Crippen LogP contribution >= 0.6 is 0 Å². The highest BCUT2D eigenvalue weighted by atomic mass is 16.5. The van der Waals surface area contributed by atoms with Crippen LogP contribution in [-0.4, -0.2) is 21.7 Å². The molecule has 1 aromatic heterocycles. The molecule has 21 heavy (non-hydrogen) atoms. The molecule has 0 radical (unpaired) electrons. The van der Waals surface area contributed by atoms with E-state index in [-0.39, 0.29) is 11.8 Å². The Balaban J connectivity index is 1.99. The van der Waals surface area contributed by atoms with E-state index in [1.165, 1.54) is 0 Å². The summed E-state index contributed by atoms with van der Waals surface area (Å²) in [4.78, 5) is 9.05. The first-order valence-electron chi connectivity index (χ1n) is 7.26. The first kappa shape index (κ1) is 13.8. The average molecular weight is 285 g/mol. The molecule has 3 rings (SSSR count). The van der Waals surface area contributed by atoms with Gasteiger partial charge in [-0.25, -0.2) is 9.97 Å². The summed E-state index contributed by atoms with van der Waals surface area (Å²) in [5.41, 5.74) is 9.00. The van der Waals surface area contributed by atoms with Crippen LogP contribution in [0.2, 0.25) is 0 Å². The summed E-state index contributed by atoms with van der Waals surface area (Å²) >= 11 is 0. The van der Waals surface area contributed by atoms with Crippen LogP contribution in [0.4, 0.5) is 0 Å². The number of aromatic nitrogens is 2. The van der Waals surface area contributed by atoms with Gasteiger partial charge in [-0.1, -0.05) is 0 Å². The van der Waals surface area contributed by atoms with Crippen molar-refractivity contribution in [2.75, 3.05) is 6.61 Å². The number of hydrogen-bond acceptors (Lipinski definition) is 5. The van der Waals surface area contributed by atoms with Gasteiger partial charge in [-0.05, 0) is 44.4 Å². The van der Waals surface area contributed by atoms with Crippen molar-refractivity contribution in [1.82, 2.24) is 9.97 Å². The lowest BCUT2D eigenvalue weighted by atomic mass is 9.93. The van der Waals surface area contributed by atoms with Gasteiger partial charge in [-0.3, -0.25) is 0 Å². The van der Waals surface area contributed by atoms with E-state index in [2.05, 4.69) is 9.97 Å². The van der Waals surface area contributed by atoms with Crippen molar-refractivity contribution in [3.8, 4) is 22.9 Å². The molecular weight excluding hydrogens is 266 g/mol. The predicted octanol–water partition coefficient (Wildman–Crippen LogP) is 2.58. The molecule has 5 heteroatoms. The van der Waals surface area contributed by atoms with E-state index in [0.717, 1.165) is 36.1 Å². The quantitative estimate of drug-likeness (QED) is 0.906. The highest BCUT2D eigenvalue weighted by molar-refractivity contribution is 5.61. The third-order valence-electron chi connectivity index (χ3n) is 3.75. The molecule has 1 unspecified atom stereocenters. The predicted molar refractivity (Wildman–Crippen MR) is 80.2 cm³/mol. The highest BCUT2D eigenvalue weighted by Crippen LogP contribution is 2.32. The number of aryl methyl sites for hydroxylation is 1.